The third-order valence-electron chi connectivity index (χ3n) is 4.75. The predicted octanol–water partition coefficient (Wildman–Crippen LogP) is 3.78. The number of hydrogen-bond acceptors (Lipinski definition) is 6. The highest BCUT2D eigenvalue weighted by Crippen LogP contribution is 2.25. The van der Waals surface area contributed by atoms with Crippen molar-refractivity contribution in [2.75, 3.05) is 6.61 Å². The van der Waals surface area contributed by atoms with Gasteiger partial charge in [-0.3, -0.25) is 9.48 Å². The molecule has 31 heavy (non-hydrogen) atoms. The van der Waals surface area contributed by atoms with E-state index in [1.165, 1.54) is 0 Å². The number of benzene rings is 2. The fraction of sp³-hybridized carbons (Fsp3) is 0.182. The zero-order valence-corrected chi connectivity index (χ0v) is 17.8. The quantitative estimate of drug-likeness (QED) is 0.471. The van der Waals surface area contributed by atoms with E-state index in [2.05, 4.69) is 15.2 Å². The topological polar surface area (TPSA) is 109 Å². The molecule has 0 fully saturated rings. The summed E-state index contributed by atoms with van der Waals surface area (Å²) in [4.78, 5) is 15.3. The molecule has 0 saturated heterocycles. The second-order valence-corrected chi connectivity index (χ2v) is 7.42. The molecule has 8 nitrogen and oxygen atoms in total. The van der Waals surface area contributed by atoms with Crippen molar-refractivity contribution >= 4 is 17.5 Å². The van der Waals surface area contributed by atoms with Gasteiger partial charge in [0.15, 0.2) is 6.61 Å². The summed E-state index contributed by atoms with van der Waals surface area (Å²) < 4.78 is 12.6. The molecule has 2 aromatic carbocycles. The second kappa shape index (κ2) is 8.61. The van der Waals surface area contributed by atoms with Crippen molar-refractivity contribution < 1.29 is 14.1 Å². The molecule has 2 aromatic heterocycles. The van der Waals surface area contributed by atoms with E-state index in [4.69, 9.17) is 26.6 Å². The summed E-state index contributed by atoms with van der Waals surface area (Å²) in [5, 5.41) is 9.21. The van der Waals surface area contributed by atoms with E-state index in [-0.39, 0.29) is 6.61 Å². The van der Waals surface area contributed by atoms with Gasteiger partial charge in [-0.2, -0.15) is 10.1 Å². The maximum absolute atomic E-state index is 10.8. The Kier molecular flexibility index (Phi) is 5.73. The summed E-state index contributed by atoms with van der Waals surface area (Å²) in [6.07, 6.45) is 0. The molecule has 0 aliphatic rings. The third-order valence-corrected chi connectivity index (χ3v) is 5.29. The van der Waals surface area contributed by atoms with Crippen molar-refractivity contribution in [1.82, 2.24) is 19.9 Å². The Labute approximate surface area is 183 Å². The zero-order chi connectivity index (χ0) is 22.0. The zero-order valence-electron chi connectivity index (χ0n) is 17.0. The summed E-state index contributed by atoms with van der Waals surface area (Å²) in [7, 11) is 0. The summed E-state index contributed by atoms with van der Waals surface area (Å²) in [5.74, 6) is 0.880. The van der Waals surface area contributed by atoms with Crippen molar-refractivity contribution in [2.24, 2.45) is 5.73 Å². The average molecular weight is 438 g/mol. The lowest BCUT2D eigenvalue weighted by atomic mass is 10.1. The number of carbonyl (C=O) groups is 1. The van der Waals surface area contributed by atoms with Crippen molar-refractivity contribution in [2.45, 2.75) is 20.4 Å². The van der Waals surface area contributed by atoms with Crippen LogP contribution in [0.1, 0.15) is 17.0 Å². The number of amides is 1. The standard InChI is InChI=1S/C22H20ClN5O3/c1-13-20(23)14(2)28(26-13)11-15-3-5-17(6-4-15)22-25-21(27-31-22)16-7-9-18(10-8-16)30-12-19(24)29/h3-10H,11-12H2,1-2H3,(H2,24,29). The number of ether oxygens (including phenoxy) is 1. The summed E-state index contributed by atoms with van der Waals surface area (Å²) in [6.45, 7) is 4.30. The van der Waals surface area contributed by atoms with Gasteiger partial charge >= 0.3 is 0 Å². The van der Waals surface area contributed by atoms with Crippen LogP contribution in [0.15, 0.2) is 53.1 Å². The van der Waals surface area contributed by atoms with Gasteiger partial charge in [-0.05, 0) is 55.8 Å². The van der Waals surface area contributed by atoms with Gasteiger partial charge in [-0.15, -0.1) is 0 Å². The smallest absolute Gasteiger partial charge is 0.258 e. The van der Waals surface area contributed by atoms with E-state index in [0.717, 1.165) is 28.1 Å². The largest absolute Gasteiger partial charge is 0.484 e. The van der Waals surface area contributed by atoms with Crippen LogP contribution in [0.25, 0.3) is 22.8 Å². The summed E-state index contributed by atoms with van der Waals surface area (Å²) >= 11 is 6.22. The lowest BCUT2D eigenvalue weighted by molar-refractivity contribution is -0.119. The number of aryl methyl sites for hydroxylation is 1. The molecule has 158 valence electrons. The molecule has 0 unspecified atom stereocenters. The first-order chi connectivity index (χ1) is 14.9. The second-order valence-electron chi connectivity index (χ2n) is 7.04. The molecule has 0 bridgehead atoms. The fourth-order valence-corrected chi connectivity index (χ4v) is 3.20. The number of rotatable bonds is 7. The maximum Gasteiger partial charge on any atom is 0.258 e. The van der Waals surface area contributed by atoms with Crippen LogP contribution < -0.4 is 10.5 Å². The molecule has 2 N–H and O–H groups in total. The Bertz CT molecular complexity index is 1210. The Hall–Kier alpha value is -3.65. The minimum Gasteiger partial charge on any atom is -0.484 e. The number of aromatic nitrogens is 4. The van der Waals surface area contributed by atoms with E-state index >= 15 is 0 Å². The van der Waals surface area contributed by atoms with E-state index in [9.17, 15) is 4.79 Å². The molecular formula is C22H20ClN5O3. The third kappa shape index (κ3) is 4.59. The number of nitrogens with two attached hydrogens (primary N) is 1. The molecule has 0 saturated carbocycles. The minimum atomic E-state index is -0.531. The van der Waals surface area contributed by atoms with Gasteiger partial charge in [-0.1, -0.05) is 28.9 Å². The van der Waals surface area contributed by atoms with Gasteiger partial charge in [-0.25, -0.2) is 0 Å². The Morgan fingerprint density at radius 1 is 1.10 bits per heavy atom. The van der Waals surface area contributed by atoms with E-state index in [1.54, 1.807) is 24.3 Å². The first kappa shape index (κ1) is 20.6. The highest BCUT2D eigenvalue weighted by Gasteiger charge is 2.12. The molecule has 9 heteroatoms. The molecule has 4 aromatic rings. The first-order valence-corrected chi connectivity index (χ1v) is 9.92. The Morgan fingerprint density at radius 2 is 1.77 bits per heavy atom. The number of halogens is 1. The van der Waals surface area contributed by atoms with Crippen LogP contribution >= 0.6 is 11.6 Å². The Balaban J connectivity index is 1.46. The lowest BCUT2D eigenvalue weighted by Crippen LogP contribution is -2.19. The number of nitrogens with zero attached hydrogens (tertiary/aromatic N) is 4. The SMILES string of the molecule is Cc1nn(Cc2ccc(-c3nc(-c4ccc(OCC(N)=O)cc4)no3)cc2)c(C)c1Cl. The van der Waals surface area contributed by atoms with Crippen molar-refractivity contribution in [3.63, 3.8) is 0 Å². The first-order valence-electron chi connectivity index (χ1n) is 9.55. The molecular weight excluding hydrogens is 418 g/mol. The average Bonchev–Trinajstić information content (AvgIpc) is 3.35. The highest BCUT2D eigenvalue weighted by molar-refractivity contribution is 6.31. The lowest BCUT2D eigenvalue weighted by Gasteiger charge is -2.05. The van der Waals surface area contributed by atoms with Crippen LogP contribution in [-0.4, -0.2) is 32.4 Å². The molecule has 0 radical (unpaired) electrons. The van der Waals surface area contributed by atoms with Crippen LogP contribution in [0.5, 0.6) is 5.75 Å². The van der Waals surface area contributed by atoms with E-state index < -0.39 is 5.91 Å². The summed E-state index contributed by atoms with van der Waals surface area (Å²) in [6, 6.07) is 14.9. The molecule has 0 aliphatic carbocycles. The van der Waals surface area contributed by atoms with E-state index in [0.29, 0.717) is 29.0 Å². The van der Waals surface area contributed by atoms with Crippen LogP contribution in [0.2, 0.25) is 5.02 Å². The van der Waals surface area contributed by atoms with Gasteiger partial charge in [0.05, 0.1) is 23.0 Å². The van der Waals surface area contributed by atoms with Gasteiger partial charge < -0.3 is 15.0 Å². The molecule has 1 amide bonds. The maximum atomic E-state index is 10.8. The molecule has 0 aliphatic heterocycles. The van der Waals surface area contributed by atoms with Crippen molar-refractivity contribution in [3.8, 4) is 28.6 Å². The van der Waals surface area contributed by atoms with Crippen LogP contribution in [0.3, 0.4) is 0 Å². The normalized spacial score (nSPS) is 10.9. The van der Waals surface area contributed by atoms with Crippen LogP contribution in [0, 0.1) is 13.8 Å². The minimum absolute atomic E-state index is 0.172. The van der Waals surface area contributed by atoms with Gasteiger partial charge in [0, 0.05) is 11.1 Å². The van der Waals surface area contributed by atoms with Gasteiger partial charge in [0.2, 0.25) is 5.82 Å². The van der Waals surface area contributed by atoms with E-state index in [1.807, 2.05) is 42.8 Å². The van der Waals surface area contributed by atoms with Gasteiger partial charge in [0.1, 0.15) is 5.75 Å². The Morgan fingerprint density at radius 3 is 2.39 bits per heavy atom. The number of carbonyl (C=O) groups excluding carboxylic acids is 1. The summed E-state index contributed by atoms with van der Waals surface area (Å²) in [5.41, 5.74) is 9.50. The molecule has 4 rings (SSSR count). The predicted molar refractivity (Wildman–Crippen MR) is 116 cm³/mol. The van der Waals surface area contributed by atoms with Crippen LogP contribution in [-0.2, 0) is 11.3 Å². The van der Waals surface area contributed by atoms with Crippen LogP contribution in [0.4, 0.5) is 0 Å². The van der Waals surface area contributed by atoms with Crippen molar-refractivity contribution in [1.29, 1.82) is 0 Å². The number of hydrogen-bond donors (Lipinski definition) is 1. The van der Waals surface area contributed by atoms with Gasteiger partial charge in [0.25, 0.3) is 11.8 Å². The molecule has 0 spiro atoms. The molecule has 2 heterocycles. The molecule has 0 atom stereocenters. The number of primary amides is 1. The highest BCUT2D eigenvalue weighted by atomic mass is 35.5. The van der Waals surface area contributed by atoms with Crippen molar-refractivity contribution in [3.05, 3.63) is 70.5 Å². The fourth-order valence-electron chi connectivity index (χ4n) is 3.07. The monoisotopic (exact) mass is 437 g/mol.